The molecule has 6 heteroatoms. The summed E-state index contributed by atoms with van der Waals surface area (Å²) in [5.41, 5.74) is 1.89. The summed E-state index contributed by atoms with van der Waals surface area (Å²) in [7, 11) is 0. The summed E-state index contributed by atoms with van der Waals surface area (Å²) >= 11 is 0. The number of ether oxygens (including phenoxy) is 1. The van der Waals surface area contributed by atoms with E-state index in [0.29, 0.717) is 25.5 Å². The van der Waals surface area contributed by atoms with Gasteiger partial charge in [0.25, 0.3) is 0 Å². The molecule has 2 aliphatic rings. The Hall–Kier alpha value is -2.21. The fourth-order valence-electron chi connectivity index (χ4n) is 3.30. The zero-order valence-corrected chi connectivity index (χ0v) is 14.4. The Labute approximate surface area is 147 Å². The standard InChI is InChI=1S/C19H24N4O2/c24-19(7-17-3-1-2-6-21-17)22-9-16(13-25-12-15-4-5-15)10-23-14-20-8-18(23)11-22/h1-3,6,8,14-16H,4-5,7,9-13H2/t16-/m1/s1. The molecule has 6 nitrogen and oxygen atoms in total. The van der Waals surface area contributed by atoms with E-state index in [1.807, 2.05) is 35.6 Å². The normalized spacial score (nSPS) is 20.2. The minimum absolute atomic E-state index is 0.112. The van der Waals surface area contributed by atoms with Crippen LogP contribution in [0.1, 0.15) is 24.2 Å². The monoisotopic (exact) mass is 340 g/mol. The molecule has 1 atom stereocenters. The van der Waals surface area contributed by atoms with E-state index in [1.54, 1.807) is 6.20 Å². The highest BCUT2D eigenvalue weighted by Gasteiger charge is 2.27. The SMILES string of the molecule is O=C(Cc1ccccn1)N1Cc2cncn2C[C@H](COCC2CC2)C1. The molecule has 1 amide bonds. The first-order valence-electron chi connectivity index (χ1n) is 9.02. The van der Waals surface area contributed by atoms with E-state index in [1.165, 1.54) is 12.8 Å². The lowest BCUT2D eigenvalue weighted by Crippen LogP contribution is -2.36. The lowest BCUT2D eigenvalue weighted by molar-refractivity contribution is -0.132. The lowest BCUT2D eigenvalue weighted by atomic mass is 10.1. The van der Waals surface area contributed by atoms with Crippen LogP contribution in [-0.4, -0.2) is 45.1 Å². The molecule has 2 aromatic heterocycles. The van der Waals surface area contributed by atoms with E-state index in [9.17, 15) is 4.79 Å². The molecule has 0 unspecified atom stereocenters. The zero-order valence-electron chi connectivity index (χ0n) is 14.4. The van der Waals surface area contributed by atoms with Crippen molar-refractivity contribution in [2.24, 2.45) is 11.8 Å². The quantitative estimate of drug-likeness (QED) is 0.806. The number of nitrogens with zero attached hydrogens (tertiary/aromatic N) is 4. The van der Waals surface area contributed by atoms with Gasteiger partial charge in [0.15, 0.2) is 0 Å². The molecule has 0 saturated heterocycles. The third-order valence-electron chi connectivity index (χ3n) is 4.90. The third kappa shape index (κ3) is 4.25. The second-order valence-electron chi connectivity index (χ2n) is 7.16. The summed E-state index contributed by atoms with van der Waals surface area (Å²) in [6.07, 6.45) is 8.37. The predicted molar refractivity (Wildman–Crippen MR) is 92.6 cm³/mol. The molecular formula is C19H24N4O2. The molecule has 1 fully saturated rings. The van der Waals surface area contributed by atoms with E-state index >= 15 is 0 Å². The van der Waals surface area contributed by atoms with Crippen LogP contribution in [0.4, 0.5) is 0 Å². The fourth-order valence-corrected chi connectivity index (χ4v) is 3.30. The molecule has 0 spiro atoms. The summed E-state index contributed by atoms with van der Waals surface area (Å²) in [4.78, 5) is 23.3. The highest BCUT2D eigenvalue weighted by Crippen LogP contribution is 2.29. The van der Waals surface area contributed by atoms with Crippen LogP contribution < -0.4 is 0 Å². The molecular weight excluding hydrogens is 316 g/mol. The average Bonchev–Trinajstić information content (AvgIpc) is 3.38. The number of hydrogen-bond donors (Lipinski definition) is 0. The van der Waals surface area contributed by atoms with Crippen molar-refractivity contribution in [3.63, 3.8) is 0 Å². The Balaban J connectivity index is 1.43. The van der Waals surface area contributed by atoms with Gasteiger partial charge < -0.3 is 14.2 Å². The van der Waals surface area contributed by atoms with Crippen molar-refractivity contribution in [1.29, 1.82) is 0 Å². The number of amides is 1. The van der Waals surface area contributed by atoms with Crippen LogP contribution in [0.25, 0.3) is 0 Å². The zero-order chi connectivity index (χ0) is 17.1. The third-order valence-corrected chi connectivity index (χ3v) is 4.90. The Morgan fingerprint density at radius 1 is 1.20 bits per heavy atom. The van der Waals surface area contributed by atoms with Crippen LogP contribution >= 0.6 is 0 Å². The smallest absolute Gasteiger partial charge is 0.228 e. The number of carbonyl (C=O) groups excluding carboxylic acids is 1. The minimum atomic E-state index is 0.112. The predicted octanol–water partition coefficient (Wildman–Crippen LogP) is 1.91. The van der Waals surface area contributed by atoms with Crippen molar-refractivity contribution < 1.29 is 9.53 Å². The number of carbonyl (C=O) groups is 1. The van der Waals surface area contributed by atoms with Gasteiger partial charge in [-0.1, -0.05) is 6.07 Å². The molecule has 0 bridgehead atoms. The van der Waals surface area contributed by atoms with Gasteiger partial charge in [-0.05, 0) is 30.9 Å². The number of imidazole rings is 1. The second-order valence-corrected chi connectivity index (χ2v) is 7.16. The van der Waals surface area contributed by atoms with Crippen LogP contribution in [0.3, 0.4) is 0 Å². The highest BCUT2D eigenvalue weighted by atomic mass is 16.5. The van der Waals surface area contributed by atoms with Crippen LogP contribution in [0, 0.1) is 11.8 Å². The van der Waals surface area contributed by atoms with Gasteiger partial charge in [0.2, 0.25) is 5.91 Å². The maximum absolute atomic E-state index is 12.8. The van der Waals surface area contributed by atoms with Gasteiger partial charge in [-0.15, -0.1) is 0 Å². The van der Waals surface area contributed by atoms with Crippen molar-refractivity contribution in [1.82, 2.24) is 19.4 Å². The molecule has 2 aromatic rings. The maximum atomic E-state index is 12.8. The highest BCUT2D eigenvalue weighted by molar-refractivity contribution is 5.78. The number of fused-ring (bicyclic) bond motifs is 1. The number of pyridine rings is 1. The Kier molecular flexibility index (Phi) is 4.78. The molecule has 25 heavy (non-hydrogen) atoms. The maximum Gasteiger partial charge on any atom is 0.228 e. The molecule has 3 heterocycles. The summed E-state index contributed by atoms with van der Waals surface area (Å²) in [6, 6.07) is 5.68. The Bertz CT molecular complexity index is 711. The average molecular weight is 340 g/mol. The first-order chi connectivity index (χ1) is 12.3. The van der Waals surface area contributed by atoms with E-state index in [4.69, 9.17) is 4.74 Å². The number of aromatic nitrogens is 3. The van der Waals surface area contributed by atoms with Crippen LogP contribution in [0.5, 0.6) is 0 Å². The van der Waals surface area contributed by atoms with Gasteiger partial charge in [0.05, 0.1) is 31.6 Å². The molecule has 1 saturated carbocycles. The molecule has 1 aliphatic carbocycles. The van der Waals surface area contributed by atoms with Gasteiger partial charge in [-0.25, -0.2) is 4.98 Å². The Morgan fingerprint density at radius 2 is 2.08 bits per heavy atom. The first kappa shape index (κ1) is 16.3. The molecule has 132 valence electrons. The summed E-state index contributed by atoms with van der Waals surface area (Å²) < 4.78 is 8.06. The first-order valence-corrected chi connectivity index (χ1v) is 9.02. The molecule has 0 aromatic carbocycles. The fraction of sp³-hybridized carbons (Fsp3) is 0.526. The summed E-state index contributed by atoms with van der Waals surface area (Å²) in [6.45, 7) is 3.73. The van der Waals surface area contributed by atoms with Gasteiger partial charge in [-0.2, -0.15) is 0 Å². The molecule has 0 radical (unpaired) electrons. The van der Waals surface area contributed by atoms with Crippen LogP contribution in [0.2, 0.25) is 0 Å². The number of rotatable bonds is 6. The van der Waals surface area contributed by atoms with E-state index < -0.39 is 0 Å². The number of hydrogen-bond acceptors (Lipinski definition) is 4. The van der Waals surface area contributed by atoms with E-state index in [2.05, 4.69) is 14.5 Å². The van der Waals surface area contributed by atoms with Crippen molar-refractivity contribution in [3.8, 4) is 0 Å². The van der Waals surface area contributed by atoms with Gasteiger partial charge >= 0.3 is 0 Å². The van der Waals surface area contributed by atoms with Crippen LogP contribution in [0.15, 0.2) is 36.9 Å². The second kappa shape index (κ2) is 7.35. The van der Waals surface area contributed by atoms with Gasteiger partial charge in [0.1, 0.15) is 0 Å². The minimum Gasteiger partial charge on any atom is -0.381 e. The van der Waals surface area contributed by atoms with E-state index in [0.717, 1.165) is 37.0 Å². The van der Waals surface area contributed by atoms with Crippen molar-refractivity contribution >= 4 is 5.91 Å². The molecule has 4 rings (SSSR count). The van der Waals surface area contributed by atoms with E-state index in [-0.39, 0.29) is 5.91 Å². The molecule has 0 N–H and O–H groups in total. The summed E-state index contributed by atoms with van der Waals surface area (Å²) in [5.74, 6) is 1.17. The lowest BCUT2D eigenvalue weighted by Gasteiger charge is -2.24. The van der Waals surface area contributed by atoms with Crippen LogP contribution in [-0.2, 0) is 29.0 Å². The van der Waals surface area contributed by atoms with Gasteiger partial charge in [0, 0.05) is 43.7 Å². The van der Waals surface area contributed by atoms with Crippen molar-refractivity contribution in [2.75, 3.05) is 19.8 Å². The van der Waals surface area contributed by atoms with Crippen molar-refractivity contribution in [3.05, 3.63) is 48.3 Å². The largest absolute Gasteiger partial charge is 0.381 e. The van der Waals surface area contributed by atoms with Crippen molar-refractivity contribution in [2.45, 2.75) is 32.4 Å². The van der Waals surface area contributed by atoms with Gasteiger partial charge in [-0.3, -0.25) is 9.78 Å². The molecule has 1 aliphatic heterocycles. The summed E-state index contributed by atoms with van der Waals surface area (Å²) in [5, 5.41) is 0. The Morgan fingerprint density at radius 3 is 2.88 bits per heavy atom. The topological polar surface area (TPSA) is 60.2 Å².